The van der Waals surface area contributed by atoms with Gasteiger partial charge in [0.05, 0.1) is 11.5 Å². The van der Waals surface area contributed by atoms with Gasteiger partial charge < -0.3 is 0 Å². The van der Waals surface area contributed by atoms with E-state index < -0.39 is 0 Å². The lowest BCUT2D eigenvalue weighted by molar-refractivity contribution is 0.197. The van der Waals surface area contributed by atoms with E-state index in [1.165, 1.54) is 12.1 Å². The van der Waals surface area contributed by atoms with Crippen LogP contribution in [0.5, 0.6) is 0 Å². The molecule has 0 atom stereocenters. The summed E-state index contributed by atoms with van der Waals surface area (Å²) >= 11 is 0. The summed E-state index contributed by atoms with van der Waals surface area (Å²) in [5.74, 6) is 0. The monoisotopic (exact) mass is 189 g/mol. The second kappa shape index (κ2) is 3.45. The molecule has 1 saturated carbocycles. The molecule has 2 rings (SSSR count). The Morgan fingerprint density at radius 3 is 2.86 bits per heavy atom. The molecule has 1 aromatic rings. The first kappa shape index (κ1) is 9.26. The Labute approximate surface area is 84.3 Å². The predicted molar refractivity (Wildman–Crippen MR) is 53.4 cm³/mol. The minimum Gasteiger partial charge on any atom is -0.273 e. The SMILES string of the molecule is Cn1nccc1CCC1(C#N)CCC1. The van der Waals surface area contributed by atoms with Gasteiger partial charge in [-0.1, -0.05) is 6.42 Å². The van der Waals surface area contributed by atoms with Crippen LogP contribution in [0, 0.1) is 16.7 Å². The van der Waals surface area contributed by atoms with Gasteiger partial charge in [-0.15, -0.1) is 0 Å². The lowest BCUT2D eigenvalue weighted by Gasteiger charge is -2.35. The molecule has 0 aromatic carbocycles. The van der Waals surface area contributed by atoms with Crippen LogP contribution in [0.1, 0.15) is 31.4 Å². The maximum atomic E-state index is 9.06. The highest BCUT2D eigenvalue weighted by Gasteiger charge is 2.36. The van der Waals surface area contributed by atoms with Crippen molar-refractivity contribution in [1.82, 2.24) is 9.78 Å². The van der Waals surface area contributed by atoms with Gasteiger partial charge in [0.1, 0.15) is 0 Å². The van der Waals surface area contributed by atoms with Crippen molar-refractivity contribution in [3.63, 3.8) is 0 Å². The van der Waals surface area contributed by atoms with Crippen LogP contribution >= 0.6 is 0 Å². The molecular formula is C11H15N3. The molecule has 1 heterocycles. The molecule has 0 bridgehead atoms. The van der Waals surface area contributed by atoms with Gasteiger partial charge in [-0.2, -0.15) is 10.4 Å². The van der Waals surface area contributed by atoms with Gasteiger partial charge in [-0.3, -0.25) is 4.68 Å². The van der Waals surface area contributed by atoms with Crippen molar-refractivity contribution in [2.24, 2.45) is 12.5 Å². The van der Waals surface area contributed by atoms with E-state index in [-0.39, 0.29) is 5.41 Å². The Morgan fingerprint density at radius 2 is 2.43 bits per heavy atom. The van der Waals surface area contributed by atoms with Crippen LogP contribution in [0.2, 0.25) is 0 Å². The zero-order valence-corrected chi connectivity index (χ0v) is 8.53. The number of nitrogens with zero attached hydrogens (tertiary/aromatic N) is 3. The molecule has 1 fully saturated rings. The van der Waals surface area contributed by atoms with Crippen LogP contribution in [0.25, 0.3) is 0 Å². The van der Waals surface area contributed by atoms with Crippen LogP contribution < -0.4 is 0 Å². The minimum atomic E-state index is -0.00965. The van der Waals surface area contributed by atoms with Crippen molar-refractivity contribution in [2.45, 2.75) is 32.1 Å². The summed E-state index contributed by atoms with van der Waals surface area (Å²) in [6.07, 6.45) is 7.17. The maximum absolute atomic E-state index is 9.06. The number of aryl methyl sites for hydroxylation is 2. The zero-order valence-electron chi connectivity index (χ0n) is 8.53. The van der Waals surface area contributed by atoms with Crippen molar-refractivity contribution in [3.05, 3.63) is 18.0 Å². The molecule has 3 nitrogen and oxygen atoms in total. The van der Waals surface area contributed by atoms with E-state index >= 15 is 0 Å². The normalized spacial score (nSPS) is 18.6. The predicted octanol–water partition coefficient (Wildman–Crippen LogP) is 2.05. The molecule has 0 spiro atoms. The van der Waals surface area contributed by atoms with Crippen molar-refractivity contribution in [3.8, 4) is 6.07 Å². The van der Waals surface area contributed by atoms with E-state index in [0.717, 1.165) is 25.7 Å². The van der Waals surface area contributed by atoms with Crippen molar-refractivity contribution >= 4 is 0 Å². The lowest BCUT2D eigenvalue weighted by Crippen LogP contribution is -2.28. The van der Waals surface area contributed by atoms with Gasteiger partial charge in [0.15, 0.2) is 0 Å². The van der Waals surface area contributed by atoms with Crippen LogP contribution in [-0.4, -0.2) is 9.78 Å². The van der Waals surface area contributed by atoms with E-state index in [2.05, 4.69) is 11.2 Å². The summed E-state index contributed by atoms with van der Waals surface area (Å²) in [4.78, 5) is 0. The zero-order chi connectivity index (χ0) is 10.0. The van der Waals surface area contributed by atoms with Crippen molar-refractivity contribution < 1.29 is 0 Å². The highest BCUT2D eigenvalue weighted by atomic mass is 15.2. The van der Waals surface area contributed by atoms with E-state index in [1.807, 2.05) is 24.0 Å². The molecule has 14 heavy (non-hydrogen) atoms. The van der Waals surface area contributed by atoms with Crippen molar-refractivity contribution in [2.75, 3.05) is 0 Å². The Hall–Kier alpha value is -1.30. The first-order chi connectivity index (χ1) is 6.76. The second-order valence-electron chi connectivity index (χ2n) is 4.19. The number of hydrogen-bond donors (Lipinski definition) is 0. The largest absolute Gasteiger partial charge is 0.273 e. The lowest BCUT2D eigenvalue weighted by atomic mass is 9.67. The third-order valence-electron chi connectivity index (χ3n) is 3.33. The number of nitriles is 1. The molecule has 0 unspecified atom stereocenters. The highest BCUT2D eigenvalue weighted by Crippen LogP contribution is 2.43. The van der Waals surface area contributed by atoms with E-state index in [9.17, 15) is 0 Å². The molecule has 1 aliphatic rings. The average molecular weight is 189 g/mol. The summed E-state index contributed by atoms with van der Waals surface area (Å²) in [5.41, 5.74) is 1.22. The highest BCUT2D eigenvalue weighted by molar-refractivity contribution is 5.08. The fourth-order valence-electron chi connectivity index (χ4n) is 2.04. The topological polar surface area (TPSA) is 41.6 Å². The molecule has 74 valence electrons. The van der Waals surface area contributed by atoms with Crippen LogP contribution in [0.15, 0.2) is 12.3 Å². The Kier molecular flexibility index (Phi) is 2.28. The first-order valence-electron chi connectivity index (χ1n) is 5.14. The maximum Gasteiger partial charge on any atom is 0.0689 e. The van der Waals surface area contributed by atoms with E-state index in [0.29, 0.717) is 0 Å². The van der Waals surface area contributed by atoms with Gasteiger partial charge in [0.25, 0.3) is 0 Å². The van der Waals surface area contributed by atoms with Gasteiger partial charge in [-0.25, -0.2) is 0 Å². The Balaban J connectivity index is 1.95. The first-order valence-corrected chi connectivity index (χ1v) is 5.14. The van der Waals surface area contributed by atoms with Crippen LogP contribution in [0.4, 0.5) is 0 Å². The number of hydrogen-bond acceptors (Lipinski definition) is 2. The van der Waals surface area contributed by atoms with Crippen LogP contribution in [0.3, 0.4) is 0 Å². The second-order valence-corrected chi connectivity index (χ2v) is 4.19. The van der Waals surface area contributed by atoms with Gasteiger partial charge in [0.2, 0.25) is 0 Å². The van der Waals surface area contributed by atoms with E-state index in [1.54, 1.807) is 0 Å². The third-order valence-corrected chi connectivity index (χ3v) is 3.33. The number of rotatable bonds is 3. The summed E-state index contributed by atoms with van der Waals surface area (Å²) in [7, 11) is 1.95. The molecule has 0 aliphatic heterocycles. The molecular weight excluding hydrogens is 174 g/mol. The van der Waals surface area contributed by atoms with E-state index in [4.69, 9.17) is 5.26 Å². The quantitative estimate of drug-likeness (QED) is 0.730. The van der Waals surface area contributed by atoms with Gasteiger partial charge >= 0.3 is 0 Å². The summed E-state index contributed by atoms with van der Waals surface area (Å²) in [5, 5.41) is 13.2. The average Bonchev–Trinajstić information content (AvgIpc) is 2.51. The standard InChI is InChI=1S/C11H15N3/c1-14-10(4-8-13-14)3-7-11(9-12)5-2-6-11/h4,8H,2-3,5-7H2,1H3. The summed E-state index contributed by atoms with van der Waals surface area (Å²) < 4.78 is 1.89. The molecule has 1 aliphatic carbocycles. The molecule has 0 amide bonds. The van der Waals surface area contributed by atoms with Crippen molar-refractivity contribution in [1.29, 1.82) is 5.26 Å². The van der Waals surface area contributed by atoms with Gasteiger partial charge in [-0.05, 0) is 31.7 Å². The fourth-order valence-corrected chi connectivity index (χ4v) is 2.04. The third kappa shape index (κ3) is 1.52. The number of aromatic nitrogens is 2. The van der Waals surface area contributed by atoms with Gasteiger partial charge in [0, 0.05) is 18.9 Å². The molecule has 0 N–H and O–H groups in total. The molecule has 0 saturated heterocycles. The molecule has 0 radical (unpaired) electrons. The Bertz CT molecular complexity index is 355. The molecule has 3 heteroatoms. The fraction of sp³-hybridized carbons (Fsp3) is 0.636. The summed E-state index contributed by atoms with van der Waals surface area (Å²) in [6, 6.07) is 4.50. The smallest absolute Gasteiger partial charge is 0.0689 e. The molecule has 1 aromatic heterocycles. The Morgan fingerprint density at radius 1 is 1.64 bits per heavy atom. The van der Waals surface area contributed by atoms with Crippen LogP contribution in [-0.2, 0) is 13.5 Å². The summed E-state index contributed by atoms with van der Waals surface area (Å²) in [6.45, 7) is 0. The minimum absolute atomic E-state index is 0.00965.